The zero-order valence-corrected chi connectivity index (χ0v) is 7.28. The van der Waals surface area contributed by atoms with E-state index in [9.17, 15) is 22.8 Å². The molecule has 0 bridgehead atoms. The minimum Gasteiger partial charge on any atom is -0.465 e. The first-order valence-corrected chi connectivity index (χ1v) is 3.88. The molecule has 1 aliphatic heterocycles. The van der Waals surface area contributed by atoms with E-state index in [1.165, 1.54) is 0 Å². The third-order valence-corrected chi connectivity index (χ3v) is 2.09. The molecule has 0 aliphatic carbocycles. The summed E-state index contributed by atoms with van der Waals surface area (Å²) in [5.41, 5.74) is 1.85. The molecule has 15 heavy (non-hydrogen) atoms. The minimum atomic E-state index is -4.78. The van der Waals surface area contributed by atoms with Gasteiger partial charge in [-0.25, -0.2) is 15.1 Å². The van der Waals surface area contributed by atoms with E-state index in [1.807, 2.05) is 5.43 Å². The van der Waals surface area contributed by atoms with E-state index in [0.29, 0.717) is 0 Å². The van der Waals surface area contributed by atoms with E-state index in [4.69, 9.17) is 10.9 Å². The lowest BCUT2D eigenvalue weighted by Crippen LogP contribution is -2.47. The second-order valence-electron chi connectivity index (χ2n) is 3.00. The van der Waals surface area contributed by atoms with Gasteiger partial charge in [0, 0.05) is 6.42 Å². The summed E-state index contributed by atoms with van der Waals surface area (Å²) in [6.07, 6.45) is -7.41. The Kier molecular flexibility index (Phi) is 2.86. The normalized spacial score (nSPS) is 27.2. The van der Waals surface area contributed by atoms with Crippen molar-refractivity contribution in [1.29, 1.82) is 0 Å². The van der Waals surface area contributed by atoms with Crippen molar-refractivity contribution < 1.29 is 27.9 Å². The van der Waals surface area contributed by atoms with Gasteiger partial charge in [-0.2, -0.15) is 13.2 Å². The average molecular weight is 227 g/mol. The first-order chi connectivity index (χ1) is 6.79. The van der Waals surface area contributed by atoms with Gasteiger partial charge in [0.25, 0.3) is 5.91 Å². The minimum absolute atomic E-state index is 0.246. The molecule has 0 spiro atoms. The molecular weight excluding hydrogens is 219 g/mol. The summed E-state index contributed by atoms with van der Waals surface area (Å²) in [5, 5.41) is 8.47. The van der Waals surface area contributed by atoms with Gasteiger partial charge in [-0.15, -0.1) is 0 Å². The number of imide groups is 1. The molecule has 0 aromatic carbocycles. The molecule has 1 saturated heterocycles. The Bertz CT molecular complexity index is 293. The van der Waals surface area contributed by atoms with E-state index in [1.54, 1.807) is 0 Å². The van der Waals surface area contributed by atoms with Crippen LogP contribution >= 0.6 is 0 Å². The summed E-state index contributed by atoms with van der Waals surface area (Å²) >= 11 is 0. The van der Waals surface area contributed by atoms with Crippen LogP contribution in [0.3, 0.4) is 0 Å². The Labute approximate surface area is 81.8 Å². The molecule has 1 fully saturated rings. The number of amides is 2. The van der Waals surface area contributed by atoms with Crippen molar-refractivity contribution in [2.45, 2.75) is 24.7 Å². The van der Waals surface area contributed by atoms with Crippen LogP contribution < -0.4 is 11.3 Å². The highest BCUT2D eigenvalue weighted by Gasteiger charge is 2.55. The standard InChI is InChI=1S/C6H8F3N3O3/c7-6(8,9)3-1-2(11-10)4(13)12(3)5(14)15/h2-3,11H,1,10H2,(H,14,15). The number of nitrogens with two attached hydrogens (primary N) is 1. The lowest BCUT2D eigenvalue weighted by atomic mass is 10.2. The van der Waals surface area contributed by atoms with Crippen LogP contribution in [-0.2, 0) is 4.79 Å². The largest absolute Gasteiger partial charge is 0.465 e. The molecule has 86 valence electrons. The van der Waals surface area contributed by atoms with Crippen LogP contribution in [0.25, 0.3) is 0 Å². The summed E-state index contributed by atoms with van der Waals surface area (Å²) in [5.74, 6) is 3.65. The van der Waals surface area contributed by atoms with Crippen LogP contribution in [0.2, 0.25) is 0 Å². The summed E-state index contributed by atoms with van der Waals surface area (Å²) in [6, 6.07) is -3.64. The third kappa shape index (κ3) is 2.02. The molecule has 1 aliphatic rings. The average Bonchev–Trinajstić information content (AvgIpc) is 2.41. The van der Waals surface area contributed by atoms with Gasteiger partial charge in [-0.3, -0.25) is 10.6 Å². The number of nitrogens with zero attached hydrogens (tertiary/aromatic N) is 1. The fourth-order valence-electron chi connectivity index (χ4n) is 1.40. The van der Waals surface area contributed by atoms with Crippen molar-refractivity contribution in [3.63, 3.8) is 0 Å². The zero-order valence-electron chi connectivity index (χ0n) is 7.28. The summed E-state index contributed by atoms with van der Waals surface area (Å²) in [4.78, 5) is 21.4. The van der Waals surface area contributed by atoms with Gasteiger partial charge in [0.15, 0.2) is 0 Å². The predicted octanol–water partition coefficient (Wildman–Crippen LogP) is -0.341. The molecule has 6 nitrogen and oxygen atoms in total. The highest BCUT2D eigenvalue weighted by Crippen LogP contribution is 2.33. The number of carbonyl (C=O) groups is 2. The van der Waals surface area contributed by atoms with Gasteiger partial charge in [-0.1, -0.05) is 0 Å². The molecular formula is C6H8F3N3O3. The Morgan fingerprint density at radius 3 is 2.40 bits per heavy atom. The van der Waals surface area contributed by atoms with Gasteiger partial charge in [-0.05, 0) is 0 Å². The molecule has 2 amide bonds. The molecule has 1 rings (SSSR count). The third-order valence-electron chi connectivity index (χ3n) is 2.09. The van der Waals surface area contributed by atoms with Gasteiger partial charge < -0.3 is 5.11 Å². The molecule has 0 saturated carbocycles. The lowest BCUT2D eigenvalue weighted by Gasteiger charge is -2.21. The van der Waals surface area contributed by atoms with E-state index in [-0.39, 0.29) is 4.90 Å². The first kappa shape index (κ1) is 11.7. The molecule has 1 heterocycles. The number of likely N-dealkylation sites (tertiary alicyclic amines) is 1. The van der Waals surface area contributed by atoms with Crippen molar-refractivity contribution in [1.82, 2.24) is 10.3 Å². The highest BCUT2D eigenvalue weighted by atomic mass is 19.4. The van der Waals surface area contributed by atoms with Crippen molar-refractivity contribution in [2.24, 2.45) is 5.84 Å². The van der Waals surface area contributed by atoms with Crippen LogP contribution in [0.15, 0.2) is 0 Å². The van der Waals surface area contributed by atoms with Crippen molar-refractivity contribution in [3.8, 4) is 0 Å². The summed E-state index contributed by atoms with van der Waals surface area (Å²) in [7, 11) is 0. The molecule has 2 unspecified atom stereocenters. The van der Waals surface area contributed by atoms with E-state index < -0.39 is 36.7 Å². The number of carbonyl (C=O) groups excluding carboxylic acids is 1. The van der Waals surface area contributed by atoms with Crippen LogP contribution in [0.1, 0.15) is 6.42 Å². The number of hydrazine groups is 1. The van der Waals surface area contributed by atoms with Gasteiger partial charge >= 0.3 is 12.3 Å². The Morgan fingerprint density at radius 1 is 1.60 bits per heavy atom. The maximum absolute atomic E-state index is 12.3. The summed E-state index contributed by atoms with van der Waals surface area (Å²) < 4.78 is 37.0. The van der Waals surface area contributed by atoms with Crippen LogP contribution in [0.5, 0.6) is 0 Å². The van der Waals surface area contributed by atoms with E-state index in [0.717, 1.165) is 0 Å². The monoisotopic (exact) mass is 227 g/mol. The van der Waals surface area contributed by atoms with Crippen LogP contribution in [-0.4, -0.2) is 40.3 Å². The highest BCUT2D eigenvalue weighted by molar-refractivity contribution is 5.96. The zero-order chi connectivity index (χ0) is 11.8. The van der Waals surface area contributed by atoms with E-state index in [2.05, 4.69) is 0 Å². The Morgan fingerprint density at radius 2 is 2.13 bits per heavy atom. The van der Waals surface area contributed by atoms with Crippen molar-refractivity contribution in [3.05, 3.63) is 0 Å². The van der Waals surface area contributed by atoms with Gasteiger partial charge in [0.2, 0.25) is 0 Å². The predicted molar refractivity (Wildman–Crippen MR) is 40.4 cm³/mol. The SMILES string of the molecule is NNC1CC(C(F)(F)F)N(C(=O)O)C1=O. The molecule has 4 N–H and O–H groups in total. The number of hydrogen-bond acceptors (Lipinski definition) is 4. The molecule has 0 aromatic heterocycles. The molecule has 0 aromatic rings. The second-order valence-corrected chi connectivity index (χ2v) is 3.00. The first-order valence-electron chi connectivity index (χ1n) is 3.88. The fraction of sp³-hybridized carbons (Fsp3) is 0.667. The maximum Gasteiger partial charge on any atom is 0.414 e. The summed E-state index contributed by atoms with van der Waals surface area (Å²) in [6.45, 7) is 0. The molecule has 0 radical (unpaired) electrons. The quantitative estimate of drug-likeness (QED) is 0.420. The van der Waals surface area contributed by atoms with Crippen LogP contribution in [0.4, 0.5) is 18.0 Å². The number of rotatable bonds is 1. The Hall–Kier alpha value is -1.35. The Balaban J connectivity index is 2.98. The van der Waals surface area contributed by atoms with Crippen molar-refractivity contribution in [2.75, 3.05) is 0 Å². The number of nitrogens with one attached hydrogen (secondary N) is 1. The molecule has 9 heteroatoms. The van der Waals surface area contributed by atoms with Gasteiger partial charge in [0.1, 0.15) is 12.1 Å². The second kappa shape index (κ2) is 3.66. The lowest BCUT2D eigenvalue weighted by molar-refractivity contribution is -0.175. The maximum atomic E-state index is 12.3. The number of hydrogen-bond donors (Lipinski definition) is 3. The smallest absolute Gasteiger partial charge is 0.414 e. The number of halogens is 3. The topological polar surface area (TPSA) is 95.7 Å². The van der Waals surface area contributed by atoms with E-state index >= 15 is 0 Å². The van der Waals surface area contributed by atoms with Crippen molar-refractivity contribution >= 4 is 12.0 Å². The number of alkyl halides is 3. The van der Waals surface area contributed by atoms with Gasteiger partial charge in [0.05, 0.1) is 0 Å². The fourth-order valence-corrected chi connectivity index (χ4v) is 1.40. The number of carboxylic acid groups (broad SMARTS) is 1. The molecule has 2 atom stereocenters. The van der Waals surface area contributed by atoms with Crippen LogP contribution in [0, 0.1) is 0 Å².